The molecule has 0 radical (unpaired) electrons. The van der Waals surface area contributed by atoms with Crippen molar-refractivity contribution in [2.75, 3.05) is 26.2 Å². The van der Waals surface area contributed by atoms with Gasteiger partial charge >= 0.3 is 0 Å². The molecular formula is C11H22N2. The zero-order valence-electron chi connectivity index (χ0n) is 8.97. The Bertz CT molecular complexity index is 171. The van der Waals surface area contributed by atoms with Gasteiger partial charge in [0.25, 0.3) is 0 Å². The molecule has 2 rings (SSSR count). The standard InChI is InChI=1S/C11H22N2/c1-11(2)9-12-6-5-10(11)13-7-3-4-8-13/h10,12H,3-9H2,1-2H3/t10-/m1/s1. The third-order valence-electron chi connectivity index (χ3n) is 3.66. The molecule has 2 saturated heterocycles. The van der Waals surface area contributed by atoms with E-state index in [1.54, 1.807) is 0 Å². The molecule has 1 N–H and O–H groups in total. The van der Waals surface area contributed by atoms with Crippen molar-refractivity contribution in [3.8, 4) is 0 Å². The normalized spacial score (nSPS) is 35.1. The number of likely N-dealkylation sites (tertiary alicyclic amines) is 1. The third kappa shape index (κ3) is 1.89. The minimum atomic E-state index is 0.475. The Morgan fingerprint density at radius 1 is 1.23 bits per heavy atom. The zero-order valence-corrected chi connectivity index (χ0v) is 8.97. The summed E-state index contributed by atoms with van der Waals surface area (Å²) in [5, 5.41) is 3.50. The van der Waals surface area contributed by atoms with Crippen LogP contribution in [0.1, 0.15) is 33.1 Å². The van der Waals surface area contributed by atoms with Crippen molar-refractivity contribution in [3.05, 3.63) is 0 Å². The van der Waals surface area contributed by atoms with Gasteiger partial charge in [0.2, 0.25) is 0 Å². The van der Waals surface area contributed by atoms with Gasteiger partial charge in [-0.3, -0.25) is 4.90 Å². The summed E-state index contributed by atoms with van der Waals surface area (Å²) in [6.45, 7) is 9.89. The Hall–Kier alpha value is -0.0800. The Labute approximate surface area is 81.7 Å². The van der Waals surface area contributed by atoms with Crippen LogP contribution in [0, 0.1) is 5.41 Å². The van der Waals surface area contributed by atoms with Crippen LogP contribution in [-0.2, 0) is 0 Å². The molecule has 13 heavy (non-hydrogen) atoms. The number of hydrogen-bond donors (Lipinski definition) is 1. The molecule has 0 unspecified atom stereocenters. The van der Waals surface area contributed by atoms with E-state index in [1.807, 2.05) is 0 Å². The summed E-state index contributed by atoms with van der Waals surface area (Å²) in [7, 11) is 0. The van der Waals surface area contributed by atoms with Crippen LogP contribution >= 0.6 is 0 Å². The van der Waals surface area contributed by atoms with Gasteiger partial charge < -0.3 is 5.32 Å². The lowest BCUT2D eigenvalue weighted by Crippen LogP contribution is -2.53. The third-order valence-corrected chi connectivity index (χ3v) is 3.66. The molecule has 2 heteroatoms. The molecule has 2 heterocycles. The molecule has 0 aromatic rings. The predicted octanol–water partition coefficient (Wildman–Crippen LogP) is 1.47. The molecular weight excluding hydrogens is 160 g/mol. The Morgan fingerprint density at radius 2 is 1.92 bits per heavy atom. The van der Waals surface area contributed by atoms with Gasteiger partial charge in [0.05, 0.1) is 0 Å². The van der Waals surface area contributed by atoms with Crippen LogP contribution in [0.3, 0.4) is 0 Å². The molecule has 0 spiro atoms. The molecule has 2 nitrogen and oxygen atoms in total. The smallest absolute Gasteiger partial charge is 0.0171 e. The van der Waals surface area contributed by atoms with E-state index in [1.165, 1.54) is 45.4 Å². The summed E-state index contributed by atoms with van der Waals surface area (Å²) in [5.41, 5.74) is 0.475. The Kier molecular flexibility index (Phi) is 2.61. The SMILES string of the molecule is CC1(C)CNCC[C@H]1N1CCCC1. The molecule has 2 aliphatic rings. The van der Waals surface area contributed by atoms with E-state index in [-0.39, 0.29) is 0 Å². The van der Waals surface area contributed by atoms with E-state index in [0.29, 0.717) is 5.41 Å². The van der Waals surface area contributed by atoms with Crippen LogP contribution in [-0.4, -0.2) is 37.1 Å². The monoisotopic (exact) mass is 182 g/mol. The number of nitrogens with one attached hydrogen (secondary N) is 1. The second-order valence-electron chi connectivity index (χ2n) is 5.21. The van der Waals surface area contributed by atoms with Crippen LogP contribution in [0.4, 0.5) is 0 Å². The second kappa shape index (κ2) is 3.58. The molecule has 1 atom stereocenters. The van der Waals surface area contributed by atoms with Crippen molar-refractivity contribution >= 4 is 0 Å². The van der Waals surface area contributed by atoms with Crippen LogP contribution in [0.25, 0.3) is 0 Å². The van der Waals surface area contributed by atoms with Crippen molar-refractivity contribution in [1.82, 2.24) is 10.2 Å². The topological polar surface area (TPSA) is 15.3 Å². The number of piperidine rings is 1. The van der Waals surface area contributed by atoms with Crippen molar-refractivity contribution in [1.29, 1.82) is 0 Å². The lowest BCUT2D eigenvalue weighted by Gasteiger charge is -2.44. The number of rotatable bonds is 1. The summed E-state index contributed by atoms with van der Waals surface area (Å²) in [6.07, 6.45) is 4.17. The summed E-state index contributed by atoms with van der Waals surface area (Å²) in [4.78, 5) is 2.71. The maximum atomic E-state index is 3.50. The van der Waals surface area contributed by atoms with E-state index in [0.717, 1.165) is 6.04 Å². The highest BCUT2D eigenvalue weighted by molar-refractivity contribution is 4.93. The summed E-state index contributed by atoms with van der Waals surface area (Å²) < 4.78 is 0. The minimum Gasteiger partial charge on any atom is -0.316 e. The van der Waals surface area contributed by atoms with Gasteiger partial charge in [0, 0.05) is 12.6 Å². The van der Waals surface area contributed by atoms with E-state index in [2.05, 4.69) is 24.1 Å². The Morgan fingerprint density at radius 3 is 2.54 bits per heavy atom. The quantitative estimate of drug-likeness (QED) is 0.660. The van der Waals surface area contributed by atoms with Crippen LogP contribution in [0.2, 0.25) is 0 Å². The second-order valence-corrected chi connectivity index (χ2v) is 5.21. The van der Waals surface area contributed by atoms with Gasteiger partial charge in [-0.1, -0.05) is 13.8 Å². The molecule has 0 amide bonds. The highest BCUT2D eigenvalue weighted by Crippen LogP contribution is 2.31. The fourth-order valence-electron chi connectivity index (χ4n) is 2.89. The largest absolute Gasteiger partial charge is 0.316 e. The molecule has 0 aromatic heterocycles. The first-order chi connectivity index (χ1) is 6.20. The predicted molar refractivity (Wildman–Crippen MR) is 55.9 cm³/mol. The van der Waals surface area contributed by atoms with Gasteiger partial charge in [-0.05, 0) is 44.3 Å². The summed E-state index contributed by atoms with van der Waals surface area (Å²) >= 11 is 0. The van der Waals surface area contributed by atoms with Gasteiger partial charge in [0.15, 0.2) is 0 Å². The zero-order chi connectivity index (χ0) is 9.31. The first-order valence-corrected chi connectivity index (χ1v) is 5.65. The van der Waals surface area contributed by atoms with Crippen molar-refractivity contribution in [2.45, 2.75) is 39.2 Å². The first kappa shape index (κ1) is 9.47. The average molecular weight is 182 g/mol. The van der Waals surface area contributed by atoms with Gasteiger partial charge in [-0.2, -0.15) is 0 Å². The molecule has 2 aliphatic heterocycles. The Balaban J connectivity index is 2.02. The van der Waals surface area contributed by atoms with Crippen molar-refractivity contribution in [2.24, 2.45) is 5.41 Å². The molecule has 0 aromatic carbocycles. The lowest BCUT2D eigenvalue weighted by molar-refractivity contribution is 0.0784. The van der Waals surface area contributed by atoms with Crippen LogP contribution in [0.5, 0.6) is 0 Å². The minimum absolute atomic E-state index is 0.475. The molecule has 76 valence electrons. The van der Waals surface area contributed by atoms with Crippen molar-refractivity contribution in [3.63, 3.8) is 0 Å². The fourth-order valence-corrected chi connectivity index (χ4v) is 2.89. The highest BCUT2D eigenvalue weighted by Gasteiger charge is 2.36. The fraction of sp³-hybridized carbons (Fsp3) is 1.00. The van der Waals surface area contributed by atoms with Gasteiger partial charge in [-0.15, -0.1) is 0 Å². The maximum absolute atomic E-state index is 3.50. The van der Waals surface area contributed by atoms with Gasteiger partial charge in [-0.25, -0.2) is 0 Å². The number of hydrogen-bond acceptors (Lipinski definition) is 2. The number of nitrogens with zero attached hydrogens (tertiary/aromatic N) is 1. The lowest BCUT2D eigenvalue weighted by atomic mass is 9.79. The van der Waals surface area contributed by atoms with Crippen LogP contribution in [0.15, 0.2) is 0 Å². The average Bonchev–Trinajstić information content (AvgIpc) is 2.55. The molecule has 2 fully saturated rings. The van der Waals surface area contributed by atoms with E-state index in [9.17, 15) is 0 Å². The first-order valence-electron chi connectivity index (χ1n) is 5.65. The highest BCUT2D eigenvalue weighted by atomic mass is 15.2. The van der Waals surface area contributed by atoms with E-state index >= 15 is 0 Å². The van der Waals surface area contributed by atoms with Gasteiger partial charge in [0.1, 0.15) is 0 Å². The summed E-state index contributed by atoms with van der Waals surface area (Å²) in [5.74, 6) is 0. The molecule has 0 saturated carbocycles. The maximum Gasteiger partial charge on any atom is 0.0171 e. The molecule has 0 bridgehead atoms. The van der Waals surface area contributed by atoms with E-state index in [4.69, 9.17) is 0 Å². The van der Waals surface area contributed by atoms with Crippen LogP contribution < -0.4 is 5.32 Å². The van der Waals surface area contributed by atoms with E-state index < -0.39 is 0 Å². The molecule has 0 aliphatic carbocycles. The summed E-state index contributed by atoms with van der Waals surface area (Å²) in [6, 6.07) is 0.830. The van der Waals surface area contributed by atoms with Crippen molar-refractivity contribution < 1.29 is 0 Å².